The average molecular weight is 284 g/mol. The third-order valence-electron chi connectivity index (χ3n) is 4.11. The Hall–Kier alpha value is -1.79. The second-order valence-corrected chi connectivity index (χ2v) is 6.04. The van der Waals surface area contributed by atoms with Crippen molar-refractivity contribution >= 4 is 5.91 Å². The molecule has 1 aliphatic heterocycles. The van der Waals surface area contributed by atoms with Gasteiger partial charge in [0, 0.05) is 18.2 Å². The molecule has 0 radical (unpaired) electrons. The Morgan fingerprint density at radius 2 is 2.14 bits per heavy atom. The summed E-state index contributed by atoms with van der Waals surface area (Å²) in [5.74, 6) is 6.53. The summed E-state index contributed by atoms with van der Waals surface area (Å²) in [4.78, 5) is 14.9. The molecule has 0 aliphatic carbocycles. The normalized spacial score (nSPS) is 21.6. The highest BCUT2D eigenvalue weighted by Crippen LogP contribution is 2.24. The Morgan fingerprint density at radius 3 is 2.86 bits per heavy atom. The zero-order chi connectivity index (χ0) is 15.4. The third-order valence-corrected chi connectivity index (χ3v) is 4.11. The van der Waals surface area contributed by atoms with Crippen molar-refractivity contribution in [1.82, 2.24) is 4.90 Å². The van der Waals surface area contributed by atoms with Gasteiger partial charge in [0.05, 0.1) is 12.1 Å². The van der Waals surface area contributed by atoms with Gasteiger partial charge in [0.15, 0.2) is 0 Å². The second kappa shape index (κ2) is 6.78. The summed E-state index contributed by atoms with van der Waals surface area (Å²) in [5, 5.41) is 0. The largest absolute Gasteiger partial charge is 0.336 e. The van der Waals surface area contributed by atoms with Crippen LogP contribution in [0.15, 0.2) is 18.2 Å². The van der Waals surface area contributed by atoms with E-state index in [0.717, 1.165) is 24.1 Å². The number of nitrogens with zero attached hydrogens (tertiary/aromatic N) is 1. The van der Waals surface area contributed by atoms with Gasteiger partial charge in [0.1, 0.15) is 0 Å². The highest BCUT2D eigenvalue weighted by molar-refractivity contribution is 5.97. The molecule has 1 fully saturated rings. The molecule has 3 nitrogen and oxygen atoms in total. The van der Waals surface area contributed by atoms with Crippen molar-refractivity contribution in [3.8, 4) is 11.8 Å². The molecule has 2 atom stereocenters. The molecule has 1 heterocycles. The lowest BCUT2D eigenvalue weighted by Crippen LogP contribution is -2.45. The predicted molar refractivity (Wildman–Crippen MR) is 86.0 cm³/mol. The molecule has 1 saturated heterocycles. The number of benzene rings is 1. The molecule has 0 spiro atoms. The van der Waals surface area contributed by atoms with E-state index in [2.05, 4.69) is 25.7 Å². The van der Waals surface area contributed by atoms with E-state index in [1.807, 2.05) is 30.0 Å². The van der Waals surface area contributed by atoms with Crippen molar-refractivity contribution in [3.05, 3.63) is 34.9 Å². The van der Waals surface area contributed by atoms with Crippen LogP contribution in [0.5, 0.6) is 0 Å². The maximum atomic E-state index is 12.9. The van der Waals surface area contributed by atoms with Gasteiger partial charge in [-0.05, 0) is 44.7 Å². The van der Waals surface area contributed by atoms with E-state index < -0.39 is 0 Å². The Bertz CT molecular complexity index is 583. The van der Waals surface area contributed by atoms with E-state index in [1.54, 1.807) is 0 Å². The summed E-state index contributed by atoms with van der Waals surface area (Å²) in [7, 11) is 0. The fourth-order valence-electron chi connectivity index (χ4n) is 2.82. The lowest BCUT2D eigenvalue weighted by molar-refractivity contribution is 0.0573. The van der Waals surface area contributed by atoms with Crippen molar-refractivity contribution in [1.29, 1.82) is 0 Å². The molecule has 2 N–H and O–H groups in total. The van der Waals surface area contributed by atoms with Gasteiger partial charge in [-0.2, -0.15) is 0 Å². The number of carbonyl (C=O) groups is 1. The highest BCUT2D eigenvalue weighted by atomic mass is 16.2. The SMILES string of the molecule is Cc1ccc(C#CCN)c(C(=O)N2CC(C)CCC2C)c1. The van der Waals surface area contributed by atoms with Gasteiger partial charge in [-0.1, -0.05) is 30.4 Å². The number of rotatable bonds is 1. The van der Waals surface area contributed by atoms with E-state index in [-0.39, 0.29) is 5.91 Å². The summed E-state index contributed by atoms with van der Waals surface area (Å²) in [6, 6.07) is 6.14. The number of aryl methyl sites for hydroxylation is 1. The van der Waals surface area contributed by atoms with E-state index in [1.165, 1.54) is 6.42 Å². The van der Waals surface area contributed by atoms with Crippen LogP contribution in [-0.4, -0.2) is 29.9 Å². The topological polar surface area (TPSA) is 46.3 Å². The summed E-state index contributed by atoms with van der Waals surface area (Å²) in [6.45, 7) is 7.47. The molecule has 3 heteroatoms. The van der Waals surface area contributed by atoms with E-state index >= 15 is 0 Å². The molecule has 21 heavy (non-hydrogen) atoms. The zero-order valence-corrected chi connectivity index (χ0v) is 13.1. The maximum Gasteiger partial charge on any atom is 0.255 e. The molecule has 0 saturated carbocycles. The van der Waals surface area contributed by atoms with Crippen LogP contribution < -0.4 is 5.73 Å². The second-order valence-electron chi connectivity index (χ2n) is 6.04. The fraction of sp³-hybridized carbons (Fsp3) is 0.500. The van der Waals surface area contributed by atoms with Gasteiger partial charge >= 0.3 is 0 Å². The molecule has 1 aromatic carbocycles. The quantitative estimate of drug-likeness (QED) is 0.806. The van der Waals surface area contributed by atoms with Gasteiger partial charge < -0.3 is 10.6 Å². The van der Waals surface area contributed by atoms with E-state index in [4.69, 9.17) is 5.73 Å². The van der Waals surface area contributed by atoms with Crippen molar-refractivity contribution in [3.63, 3.8) is 0 Å². The fourth-order valence-corrected chi connectivity index (χ4v) is 2.82. The van der Waals surface area contributed by atoms with Gasteiger partial charge in [0.2, 0.25) is 0 Å². The number of likely N-dealkylation sites (tertiary alicyclic amines) is 1. The Kier molecular flexibility index (Phi) is 5.03. The number of amides is 1. The van der Waals surface area contributed by atoms with E-state index in [9.17, 15) is 4.79 Å². The highest BCUT2D eigenvalue weighted by Gasteiger charge is 2.28. The molecule has 0 aromatic heterocycles. The number of piperidine rings is 1. The number of hydrogen-bond acceptors (Lipinski definition) is 2. The van der Waals surface area contributed by atoms with Crippen molar-refractivity contribution < 1.29 is 4.79 Å². The predicted octanol–water partition coefficient (Wildman–Crippen LogP) is 2.57. The van der Waals surface area contributed by atoms with Crippen LogP contribution in [0.4, 0.5) is 0 Å². The number of nitrogens with two attached hydrogens (primary N) is 1. The first-order valence-electron chi connectivity index (χ1n) is 7.63. The van der Waals surface area contributed by atoms with Crippen LogP contribution in [-0.2, 0) is 0 Å². The smallest absolute Gasteiger partial charge is 0.255 e. The first-order chi connectivity index (χ1) is 10.0. The lowest BCUT2D eigenvalue weighted by atomic mass is 9.93. The Morgan fingerprint density at radius 1 is 1.38 bits per heavy atom. The first-order valence-corrected chi connectivity index (χ1v) is 7.63. The van der Waals surface area contributed by atoms with Gasteiger partial charge in [-0.15, -0.1) is 0 Å². The van der Waals surface area contributed by atoms with Crippen molar-refractivity contribution in [2.45, 2.75) is 39.7 Å². The Labute approximate surface area is 127 Å². The molecule has 1 aromatic rings. The molecular formula is C18H24N2O. The minimum absolute atomic E-state index is 0.0964. The van der Waals surface area contributed by atoms with Crippen LogP contribution in [0, 0.1) is 24.7 Å². The van der Waals surface area contributed by atoms with Gasteiger partial charge in [-0.3, -0.25) is 4.79 Å². The molecule has 0 bridgehead atoms. The summed E-state index contributed by atoms with van der Waals surface area (Å²) in [6.07, 6.45) is 2.27. The molecular weight excluding hydrogens is 260 g/mol. The summed E-state index contributed by atoms with van der Waals surface area (Å²) >= 11 is 0. The molecule has 1 aliphatic rings. The lowest BCUT2D eigenvalue weighted by Gasteiger charge is -2.37. The van der Waals surface area contributed by atoms with Crippen molar-refractivity contribution in [2.75, 3.05) is 13.1 Å². The van der Waals surface area contributed by atoms with Gasteiger partial charge in [-0.25, -0.2) is 0 Å². The van der Waals surface area contributed by atoms with Crippen LogP contribution >= 0.6 is 0 Å². The average Bonchev–Trinajstić information content (AvgIpc) is 2.47. The molecule has 2 unspecified atom stereocenters. The van der Waals surface area contributed by atoms with Crippen molar-refractivity contribution in [2.24, 2.45) is 11.7 Å². The Balaban J connectivity index is 2.35. The zero-order valence-electron chi connectivity index (χ0n) is 13.1. The summed E-state index contributed by atoms with van der Waals surface area (Å²) in [5.41, 5.74) is 8.01. The van der Waals surface area contributed by atoms with Crippen LogP contribution in [0.3, 0.4) is 0 Å². The minimum Gasteiger partial charge on any atom is -0.336 e. The first kappa shape index (κ1) is 15.6. The van der Waals surface area contributed by atoms with E-state index in [0.29, 0.717) is 24.1 Å². The maximum absolute atomic E-state index is 12.9. The molecule has 2 rings (SSSR count). The van der Waals surface area contributed by atoms with Crippen LogP contribution in [0.2, 0.25) is 0 Å². The monoisotopic (exact) mass is 284 g/mol. The van der Waals surface area contributed by atoms with Gasteiger partial charge in [0.25, 0.3) is 5.91 Å². The third kappa shape index (κ3) is 3.65. The number of hydrogen-bond donors (Lipinski definition) is 1. The van der Waals surface area contributed by atoms with Crippen LogP contribution in [0.25, 0.3) is 0 Å². The molecule has 112 valence electrons. The standard InChI is InChI=1S/C18H24N2O/c1-13-7-9-16(5-4-10-19)17(11-13)18(21)20-12-14(2)6-8-15(20)3/h7,9,11,14-15H,6,8,10,12,19H2,1-3H3. The summed E-state index contributed by atoms with van der Waals surface area (Å²) < 4.78 is 0. The minimum atomic E-state index is 0.0964. The molecule has 1 amide bonds. The van der Waals surface area contributed by atoms with Crippen LogP contribution in [0.1, 0.15) is 48.2 Å². The number of carbonyl (C=O) groups excluding carboxylic acids is 1.